The second kappa shape index (κ2) is 7.43. The zero-order chi connectivity index (χ0) is 14.5. The van der Waals surface area contributed by atoms with Gasteiger partial charge in [-0.15, -0.1) is 0 Å². The van der Waals surface area contributed by atoms with E-state index in [0.717, 1.165) is 44.7 Å². The molecule has 1 aliphatic heterocycles. The first-order chi connectivity index (χ1) is 10.3. The molecule has 3 aliphatic rings. The molecule has 2 aliphatic carbocycles. The molecule has 0 atom stereocenters. The third kappa shape index (κ3) is 4.20. The molecular weight excluding hydrogens is 260 g/mol. The molecule has 0 unspecified atom stereocenters. The molecule has 3 fully saturated rings. The van der Waals surface area contributed by atoms with Crippen LogP contribution in [-0.2, 0) is 4.74 Å². The van der Waals surface area contributed by atoms with Crippen LogP contribution in [0.3, 0.4) is 0 Å². The molecule has 0 spiro atoms. The molecule has 122 valence electrons. The number of hydrogen-bond acceptors (Lipinski definition) is 3. The highest BCUT2D eigenvalue weighted by atomic mass is 16.5. The molecule has 0 aromatic carbocycles. The van der Waals surface area contributed by atoms with E-state index in [9.17, 15) is 0 Å². The molecule has 0 aromatic heterocycles. The summed E-state index contributed by atoms with van der Waals surface area (Å²) < 4.78 is 5.54. The molecule has 0 radical (unpaired) electrons. The van der Waals surface area contributed by atoms with Crippen LogP contribution < -0.4 is 5.73 Å². The Hall–Kier alpha value is -0.120. The molecule has 3 rings (SSSR count). The van der Waals surface area contributed by atoms with E-state index in [1.807, 2.05) is 0 Å². The maximum atomic E-state index is 6.75. The van der Waals surface area contributed by atoms with Crippen molar-refractivity contribution in [3.8, 4) is 0 Å². The minimum absolute atomic E-state index is 0.00709. The van der Waals surface area contributed by atoms with E-state index in [1.54, 1.807) is 0 Å². The normalized spacial score (nSPS) is 28.9. The second-order valence-corrected chi connectivity index (χ2v) is 7.73. The summed E-state index contributed by atoms with van der Waals surface area (Å²) in [5.74, 6) is 0. The Morgan fingerprint density at radius 1 is 0.810 bits per heavy atom. The van der Waals surface area contributed by atoms with Gasteiger partial charge in [-0.1, -0.05) is 38.5 Å². The Balaban J connectivity index is 1.67. The molecule has 2 saturated carbocycles. The third-order valence-corrected chi connectivity index (χ3v) is 6.07. The van der Waals surface area contributed by atoms with Gasteiger partial charge in [0.1, 0.15) is 0 Å². The van der Waals surface area contributed by atoms with E-state index >= 15 is 0 Å². The molecule has 1 heterocycles. The van der Waals surface area contributed by atoms with Gasteiger partial charge in [0.05, 0.1) is 0 Å². The highest BCUT2D eigenvalue weighted by molar-refractivity contribution is 4.94. The lowest BCUT2D eigenvalue weighted by Crippen LogP contribution is -2.58. The average molecular weight is 294 g/mol. The fourth-order valence-corrected chi connectivity index (χ4v) is 4.68. The minimum atomic E-state index is 0.00709. The van der Waals surface area contributed by atoms with Crippen molar-refractivity contribution >= 4 is 0 Å². The molecular formula is C18H34N2O. The van der Waals surface area contributed by atoms with Gasteiger partial charge in [0.25, 0.3) is 0 Å². The lowest BCUT2D eigenvalue weighted by molar-refractivity contribution is 0.00588. The Bertz CT molecular complexity index is 284. The quantitative estimate of drug-likeness (QED) is 0.863. The van der Waals surface area contributed by atoms with Crippen molar-refractivity contribution in [2.75, 3.05) is 19.8 Å². The van der Waals surface area contributed by atoms with Gasteiger partial charge in [-0.05, 0) is 38.5 Å². The zero-order valence-corrected chi connectivity index (χ0v) is 13.7. The zero-order valence-electron chi connectivity index (χ0n) is 13.7. The second-order valence-electron chi connectivity index (χ2n) is 7.73. The molecule has 3 heteroatoms. The van der Waals surface area contributed by atoms with Gasteiger partial charge < -0.3 is 10.5 Å². The van der Waals surface area contributed by atoms with Gasteiger partial charge in [-0.25, -0.2) is 0 Å². The maximum Gasteiger partial charge on any atom is 0.0484 e. The van der Waals surface area contributed by atoms with Crippen molar-refractivity contribution in [1.29, 1.82) is 0 Å². The topological polar surface area (TPSA) is 38.5 Å². The Morgan fingerprint density at radius 2 is 1.29 bits per heavy atom. The first-order valence-electron chi connectivity index (χ1n) is 9.39. The van der Waals surface area contributed by atoms with Crippen LogP contribution in [0.1, 0.15) is 77.0 Å². The van der Waals surface area contributed by atoms with Gasteiger partial charge in [0, 0.05) is 37.4 Å². The van der Waals surface area contributed by atoms with Gasteiger partial charge in [0.15, 0.2) is 0 Å². The molecule has 0 aromatic rings. The van der Waals surface area contributed by atoms with E-state index in [4.69, 9.17) is 10.5 Å². The summed E-state index contributed by atoms with van der Waals surface area (Å²) in [6.07, 6.45) is 16.3. The first-order valence-corrected chi connectivity index (χ1v) is 9.39. The van der Waals surface area contributed by atoms with E-state index in [2.05, 4.69) is 4.90 Å². The van der Waals surface area contributed by atoms with Crippen molar-refractivity contribution in [3.63, 3.8) is 0 Å². The fraction of sp³-hybridized carbons (Fsp3) is 1.00. The molecule has 21 heavy (non-hydrogen) atoms. The smallest absolute Gasteiger partial charge is 0.0484 e. The van der Waals surface area contributed by atoms with Gasteiger partial charge in [-0.3, -0.25) is 4.90 Å². The van der Waals surface area contributed by atoms with Crippen LogP contribution in [-0.4, -0.2) is 42.3 Å². The van der Waals surface area contributed by atoms with Crippen LogP contribution in [0.2, 0.25) is 0 Å². The van der Waals surface area contributed by atoms with Crippen LogP contribution in [0.4, 0.5) is 0 Å². The van der Waals surface area contributed by atoms with Gasteiger partial charge >= 0.3 is 0 Å². The summed E-state index contributed by atoms with van der Waals surface area (Å²) in [4.78, 5) is 2.86. The molecule has 0 bridgehead atoms. The van der Waals surface area contributed by atoms with E-state index in [0.29, 0.717) is 0 Å². The predicted molar refractivity (Wildman–Crippen MR) is 87.4 cm³/mol. The van der Waals surface area contributed by atoms with Crippen LogP contribution in [0.15, 0.2) is 0 Å². The maximum absolute atomic E-state index is 6.75. The SMILES string of the molecule is NC1(CN(C2CCCCC2)C2CCCCC2)CCOCC1. The Morgan fingerprint density at radius 3 is 1.76 bits per heavy atom. The van der Waals surface area contributed by atoms with Crippen molar-refractivity contribution in [1.82, 2.24) is 4.90 Å². The summed E-state index contributed by atoms with van der Waals surface area (Å²) in [5.41, 5.74) is 6.76. The number of nitrogens with two attached hydrogens (primary N) is 1. The lowest BCUT2D eigenvalue weighted by atomic mass is 9.84. The summed E-state index contributed by atoms with van der Waals surface area (Å²) in [5, 5.41) is 0. The molecule has 2 N–H and O–H groups in total. The number of nitrogens with zero attached hydrogens (tertiary/aromatic N) is 1. The van der Waals surface area contributed by atoms with Crippen LogP contribution >= 0.6 is 0 Å². The highest BCUT2D eigenvalue weighted by Gasteiger charge is 2.36. The van der Waals surface area contributed by atoms with Crippen LogP contribution in [0, 0.1) is 0 Å². The monoisotopic (exact) mass is 294 g/mol. The summed E-state index contributed by atoms with van der Waals surface area (Å²) in [6, 6.07) is 1.62. The number of hydrogen-bond donors (Lipinski definition) is 1. The van der Waals surface area contributed by atoms with Gasteiger partial charge in [0.2, 0.25) is 0 Å². The van der Waals surface area contributed by atoms with Crippen molar-refractivity contribution in [2.45, 2.75) is 94.7 Å². The molecule has 0 amide bonds. The van der Waals surface area contributed by atoms with Crippen LogP contribution in [0.5, 0.6) is 0 Å². The van der Waals surface area contributed by atoms with Gasteiger partial charge in [-0.2, -0.15) is 0 Å². The largest absolute Gasteiger partial charge is 0.381 e. The average Bonchev–Trinajstić information content (AvgIpc) is 2.55. The van der Waals surface area contributed by atoms with E-state index < -0.39 is 0 Å². The van der Waals surface area contributed by atoms with E-state index in [-0.39, 0.29) is 5.54 Å². The standard InChI is InChI=1S/C18H34N2O/c19-18(11-13-21-14-12-18)15-20(16-7-3-1-4-8-16)17-9-5-2-6-10-17/h16-17H,1-15,19H2. The highest BCUT2D eigenvalue weighted by Crippen LogP contribution is 2.32. The predicted octanol–water partition coefficient (Wildman–Crippen LogP) is 3.46. The Labute approximate surface area is 130 Å². The van der Waals surface area contributed by atoms with E-state index in [1.165, 1.54) is 64.2 Å². The summed E-state index contributed by atoms with van der Waals surface area (Å²) in [7, 11) is 0. The Kier molecular flexibility index (Phi) is 5.58. The summed E-state index contributed by atoms with van der Waals surface area (Å²) in [6.45, 7) is 2.84. The minimum Gasteiger partial charge on any atom is -0.381 e. The molecule has 1 saturated heterocycles. The third-order valence-electron chi connectivity index (χ3n) is 6.07. The number of rotatable bonds is 4. The lowest BCUT2D eigenvalue weighted by Gasteiger charge is -2.47. The fourth-order valence-electron chi connectivity index (χ4n) is 4.68. The molecule has 3 nitrogen and oxygen atoms in total. The van der Waals surface area contributed by atoms with Crippen molar-refractivity contribution in [2.24, 2.45) is 5.73 Å². The number of ether oxygens (including phenoxy) is 1. The summed E-state index contributed by atoms with van der Waals surface area (Å²) >= 11 is 0. The van der Waals surface area contributed by atoms with Crippen molar-refractivity contribution < 1.29 is 4.74 Å². The first kappa shape index (κ1) is 15.8. The van der Waals surface area contributed by atoms with Crippen LogP contribution in [0.25, 0.3) is 0 Å². The van der Waals surface area contributed by atoms with Crippen molar-refractivity contribution in [3.05, 3.63) is 0 Å².